The van der Waals surface area contributed by atoms with Crippen LogP contribution >= 0.6 is 0 Å². The van der Waals surface area contributed by atoms with Gasteiger partial charge in [0.15, 0.2) is 5.76 Å². The highest BCUT2D eigenvalue weighted by Gasteiger charge is 1.97. The van der Waals surface area contributed by atoms with Crippen molar-refractivity contribution < 1.29 is 17.0 Å². The van der Waals surface area contributed by atoms with Crippen molar-refractivity contribution in [1.82, 2.24) is 0 Å². The van der Waals surface area contributed by atoms with E-state index in [1.807, 2.05) is 0 Å². The second-order valence-corrected chi connectivity index (χ2v) is 3.89. The molecule has 5 heteroatoms. The fraction of sp³-hybridized carbons (Fsp3) is 0.250. The molecule has 1 heterocycles. The van der Waals surface area contributed by atoms with Crippen molar-refractivity contribution in [3.05, 3.63) is 24.2 Å². The number of hydrogen-bond acceptors (Lipinski definition) is 4. The normalized spacial score (nSPS) is 10.5. The van der Waals surface area contributed by atoms with Crippen molar-refractivity contribution >= 4 is 10.1 Å². The maximum atomic E-state index is 10.5. The highest BCUT2D eigenvalue weighted by molar-refractivity contribution is 7.85. The maximum Gasteiger partial charge on any atom is 0.265 e. The molecule has 0 bridgehead atoms. The van der Waals surface area contributed by atoms with Crippen molar-refractivity contribution in [1.29, 1.82) is 0 Å². The Balaban J connectivity index is 2.43. The van der Waals surface area contributed by atoms with Gasteiger partial charge >= 0.3 is 0 Å². The lowest BCUT2D eigenvalue weighted by Crippen LogP contribution is -2.02. The van der Waals surface area contributed by atoms with Gasteiger partial charge in [-0.2, -0.15) is 8.42 Å². The average Bonchev–Trinajstić information content (AvgIpc) is 2.48. The Morgan fingerprint density at radius 1 is 1.62 bits per heavy atom. The van der Waals surface area contributed by atoms with Gasteiger partial charge in [0, 0.05) is 0 Å². The molecule has 0 saturated carbocycles. The molecule has 0 aromatic carbocycles. The predicted octanol–water partition coefficient (Wildman–Crippen LogP) is 0.607. The molecule has 0 spiro atoms. The fourth-order valence-corrected chi connectivity index (χ4v) is 0.882. The standard InChI is InChI=1S/C8H8O4S/c1-13(9,10)12-7-3-5-8-4-2-6-11-8/h2,4,6H,7H2,1H3. The molecule has 0 saturated heterocycles. The van der Waals surface area contributed by atoms with Crippen molar-refractivity contribution in [3.8, 4) is 11.8 Å². The van der Waals surface area contributed by atoms with E-state index in [0.29, 0.717) is 5.76 Å². The van der Waals surface area contributed by atoms with Gasteiger partial charge in [0.2, 0.25) is 0 Å². The first-order chi connectivity index (χ1) is 6.08. The topological polar surface area (TPSA) is 56.5 Å². The Morgan fingerprint density at radius 3 is 2.92 bits per heavy atom. The van der Waals surface area contributed by atoms with Crippen LogP contribution in [0.2, 0.25) is 0 Å². The molecule has 0 aliphatic heterocycles. The molecule has 4 nitrogen and oxygen atoms in total. The lowest BCUT2D eigenvalue weighted by molar-refractivity contribution is 0.367. The van der Waals surface area contributed by atoms with Crippen molar-refractivity contribution in [2.45, 2.75) is 0 Å². The minimum atomic E-state index is -3.40. The van der Waals surface area contributed by atoms with E-state index in [0.717, 1.165) is 6.26 Å². The van der Waals surface area contributed by atoms with Crippen LogP contribution in [0.1, 0.15) is 5.76 Å². The largest absolute Gasteiger partial charge is 0.456 e. The first kappa shape index (κ1) is 9.84. The van der Waals surface area contributed by atoms with E-state index >= 15 is 0 Å². The summed E-state index contributed by atoms with van der Waals surface area (Å²) in [4.78, 5) is 0. The molecular weight excluding hydrogens is 192 g/mol. The summed E-state index contributed by atoms with van der Waals surface area (Å²) in [7, 11) is -3.40. The van der Waals surface area contributed by atoms with Crippen molar-refractivity contribution in [2.24, 2.45) is 0 Å². The molecule has 1 aromatic rings. The van der Waals surface area contributed by atoms with Crippen LogP contribution in [0.15, 0.2) is 22.8 Å². The molecule has 0 unspecified atom stereocenters. The van der Waals surface area contributed by atoms with Gasteiger partial charge < -0.3 is 4.42 Å². The predicted molar refractivity (Wildman–Crippen MR) is 46.4 cm³/mol. The summed E-state index contributed by atoms with van der Waals surface area (Å²) >= 11 is 0. The first-order valence-electron chi connectivity index (χ1n) is 3.45. The molecule has 0 atom stereocenters. The van der Waals surface area contributed by atoms with Crippen LogP contribution in [0.4, 0.5) is 0 Å². The summed E-state index contributed by atoms with van der Waals surface area (Å²) in [5.41, 5.74) is 0. The lowest BCUT2D eigenvalue weighted by atomic mass is 10.4. The molecule has 0 aliphatic carbocycles. The van der Waals surface area contributed by atoms with Gasteiger partial charge in [-0.25, -0.2) is 0 Å². The summed E-state index contributed by atoms with van der Waals surface area (Å²) in [6.45, 7) is -0.153. The molecule has 13 heavy (non-hydrogen) atoms. The quantitative estimate of drug-likeness (QED) is 0.518. The van der Waals surface area contributed by atoms with Crippen LogP contribution in [0.3, 0.4) is 0 Å². The Bertz CT molecular complexity index is 405. The van der Waals surface area contributed by atoms with Gasteiger partial charge in [-0.1, -0.05) is 5.92 Å². The summed E-state index contributed by atoms with van der Waals surface area (Å²) < 4.78 is 30.2. The zero-order valence-electron chi connectivity index (χ0n) is 6.98. The molecule has 0 amide bonds. The molecule has 1 aromatic heterocycles. The van der Waals surface area contributed by atoms with Crippen LogP contribution in [0, 0.1) is 11.8 Å². The van der Waals surface area contributed by atoms with E-state index in [-0.39, 0.29) is 6.61 Å². The second kappa shape index (κ2) is 4.12. The van der Waals surface area contributed by atoms with E-state index in [4.69, 9.17) is 4.42 Å². The minimum Gasteiger partial charge on any atom is -0.456 e. The molecule has 0 radical (unpaired) electrons. The molecule has 1 rings (SSSR count). The van der Waals surface area contributed by atoms with Crippen LogP contribution in [-0.2, 0) is 14.3 Å². The maximum absolute atomic E-state index is 10.5. The minimum absolute atomic E-state index is 0.153. The molecule has 0 aliphatic rings. The Labute approximate surface area is 76.6 Å². The SMILES string of the molecule is CS(=O)(=O)OCC#Cc1ccco1. The molecule has 70 valence electrons. The van der Waals surface area contributed by atoms with Gasteiger partial charge in [-0.05, 0) is 18.1 Å². The van der Waals surface area contributed by atoms with Gasteiger partial charge in [-0.15, -0.1) is 0 Å². The Hall–Kier alpha value is -1.25. The summed E-state index contributed by atoms with van der Waals surface area (Å²) in [6, 6.07) is 3.37. The zero-order chi connectivity index (χ0) is 9.73. The number of rotatable bonds is 2. The van der Waals surface area contributed by atoms with Crippen LogP contribution in [0.5, 0.6) is 0 Å². The van der Waals surface area contributed by atoms with E-state index in [1.165, 1.54) is 6.26 Å². The zero-order valence-corrected chi connectivity index (χ0v) is 7.80. The smallest absolute Gasteiger partial charge is 0.265 e. The third-order valence-corrected chi connectivity index (χ3v) is 1.62. The fourth-order valence-electron chi connectivity index (χ4n) is 0.609. The number of furan rings is 1. The first-order valence-corrected chi connectivity index (χ1v) is 5.26. The third-order valence-electron chi connectivity index (χ3n) is 1.08. The lowest BCUT2D eigenvalue weighted by Gasteiger charge is -1.91. The molecular formula is C8H8O4S. The van der Waals surface area contributed by atoms with E-state index in [1.54, 1.807) is 12.1 Å². The van der Waals surface area contributed by atoms with Crippen molar-refractivity contribution in [2.75, 3.05) is 12.9 Å². The number of hydrogen-bond donors (Lipinski definition) is 0. The van der Waals surface area contributed by atoms with E-state index < -0.39 is 10.1 Å². The van der Waals surface area contributed by atoms with Crippen LogP contribution < -0.4 is 0 Å². The molecule has 0 N–H and O–H groups in total. The average molecular weight is 200 g/mol. The van der Waals surface area contributed by atoms with Crippen molar-refractivity contribution in [3.63, 3.8) is 0 Å². The van der Waals surface area contributed by atoms with E-state index in [9.17, 15) is 8.42 Å². The Kier molecular flexibility index (Phi) is 3.12. The second-order valence-electron chi connectivity index (χ2n) is 2.25. The van der Waals surface area contributed by atoms with Gasteiger partial charge in [0.05, 0.1) is 12.5 Å². The van der Waals surface area contributed by atoms with Gasteiger partial charge in [-0.3, -0.25) is 4.18 Å². The Morgan fingerprint density at radius 2 is 2.38 bits per heavy atom. The van der Waals surface area contributed by atoms with Crippen LogP contribution in [-0.4, -0.2) is 21.3 Å². The van der Waals surface area contributed by atoms with Gasteiger partial charge in [0.1, 0.15) is 6.61 Å². The third kappa shape index (κ3) is 4.35. The summed E-state index contributed by atoms with van der Waals surface area (Å²) in [6.07, 6.45) is 2.46. The highest BCUT2D eigenvalue weighted by Crippen LogP contribution is 1.95. The highest BCUT2D eigenvalue weighted by atomic mass is 32.2. The molecule has 0 fully saturated rings. The van der Waals surface area contributed by atoms with Gasteiger partial charge in [0.25, 0.3) is 10.1 Å². The monoisotopic (exact) mass is 200 g/mol. The van der Waals surface area contributed by atoms with Crippen LogP contribution in [0.25, 0.3) is 0 Å². The summed E-state index contributed by atoms with van der Waals surface area (Å²) in [5.74, 6) is 5.57. The summed E-state index contributed by atoms with van der Waals surface area (Å²) in [5, 5.41) is 0. The van der Waals surface area contributed by atoms with E-state index in [2.05, 4.69) is 16.0 Å².